The van der Waals surface area contributed by atoms with Gasteiger partial charge in [0.2, 0.25) is 5.91 Å². The first kappa shape index (κ1) is 24.8. The van der Waals surface area contributed by atoms with Gasteiger partial charge in [0, 0.05) is 27.8 Å². The smallest absolute Gasteiger partial charge is 0.248 e. The van der Waals surface area contributed by atoms with Crippen LogP contribution < -0.4 is 5.32 Å². The Morgan fingerprint density at radius 3 is 2.42 bits per heavy atom. The van der Waals surface area contributed by atoms with E-state index in [1.54, 1.807) is 48.5 Å². The normalized spacial score (nSPS) is 20.0. The SMILES string of the molecule is O=C1CC(c2ccsc2)(c2cc(Cl)cc(Nc3ccc(F)cc3)c2)N(S)C(=O)C1c1ccccc1Cl. The first-order chi connectivity index (χ1) is 17.3. The minimum absolute atomic E-state index is 0.0226. The summed E-state index contributed by atoms with van der Waals surface area (Å²) < 4.78 is 14.7. The van der Waals surface area contributed by atoms with Crippen LogP contribution in [0.1, 0.15) is 29.0 Å². The molecule has 1 fully saturated rings. The number of amides is 1. The summed E-state index contributed by atoms with van der Waals surface area (Å²) in [6.45, 7) is 0. The Morgan fingerprint density at radius 2 is 1.72 bits per heavy atom. The molecule has 2 unspecified atom stereocenters. The number of halogens is 3. The Labute approximate surface area is 227 Å². The molecule has 3 aromatic carbocycles. The van der Waals surface area contributed by atoms with E-state index in [4.69, 9.17) is 23.2 Å². The summed E-state index contributed by atoms with van der Waals surface area (Å²) in [5.41, 5.74) is 1.90. The molecule has 1 aliphatic heterocycles. The van der Waals surface area contributed by atoms with Gasteiger partial charge in [-0.2, -0.15) is 11.3 Å². The van der Waals surface area contributed by atoms with E-state index in [1.165, 1.54) is 27.8 Å². The molecule has 4 aromatic rings. The number of hydrogen-bond acceptors (Lipinski definition) is 5. The number of piperidine rings is 1. The van der Waals surface area contributed by atoms with Gasteiger partial charge in [-0.3, -0.25) is 13.9 Å². The monoisotopic (exact) mass is 556 g/mol. The predicted molar refractivity (Wildman–Crippen MR) is 146 cm³/mol. The van der Waals surface area contributed by atoms with Gasteiger partial charge < -0.3 is 5.32 Å². The Balaban J connectivity index is 1.61. The van der Waals surface area contributed by atoms with Gasteiger partial charge in [0.1, 0.15) is 17.3 Å². The highest BCUT2D eigenvalue weighted by Crippen LogP contribution is 2.49. The molecule has 0 aliphatic carbocycles. The van der Waals surface area contributed by atoms with Crippen molar-refractivity contribution in [2.75, 3.05) is 5.32 Å². The van der Waals surface area contributed by atoms with Crippen molar-refractivity contribution < 1.29 is 14.0 Å². The van der Waals surface area contributed by atoms with E-state index in [0.717, 1.165) is 5.56 Å². The Hall–Kier alpha value is -2.84. The van der Waals surface area contributed by atoms with E-state index < -0.39 is 17.4 Å². The number of nitrogens with zero attached hydrogens (tertiary/aromatic N) is 1. The molecule has 5 rings (SSSR count). The number of Topliss-reactive ketones (excluding diaryl/α,β-unsaturated/α-hetero) is 1. The number of hydrogen-bond donors (Lipinski definition) is 2. The van der Waals surface area contributed by atoms with Crippen LogP contribution in [-0.4, -0.2) is 16.0 Å². The third-order valence-corrected chi connectivity index (χ3v) is 8.08. The highest BCUT2D eigenvalue weighted by Gasteiger charge is 2.53. The molecule has 1 N–H and O–H groups in total. The van der Waals surface area contributed by atoms with E-state index in [0.29, 0.717) is 32.5 Å². The minimum atomic E-state index is -1.20. The van der Waals surface area contributed by atoms with Gasteiger partial charge in [0.25, 0.3) is 0 Å². The first-order valence-electron chi connectivity index (χ1n) is 11.0. The summed E-state index contributed by atoms with van der Waals surface area (Å²) in [4.78, 5) is 27.4. The zero-order valence-corrected chi connectivity index (χ0v) is 21.8. The molecule has 2 atom stereocenters. The van der Waals surface area contributed by atoms with Crippen LogP contribution in [0.5, 0.6) is 0 Å². The zero-order valence-electron chi connectivity index (χ0n) is 18.6. The molecule has 182 valence electrons. The van der Waals surface area contributed by atoms with Crippen molar-refractivity contribution in [3.8, 4) is 0 Å². The Kier molecular flexibility index (Phi) is 6.83. The molecule has 36 heavy (non-hydrogen) atoms. The van der Waals surface area contributed by atoms with Crippen molar-refractivity contribution in [2.45, 2.75) is 17.9 Å². The molecule has 1 saturated heterocycles. The molecular weight excluding hydrogens is 538 g/mol. The fraction of sp³-hybridized carbons (Fsp3) is 0.111. The predicted octanol–water partition coefficient (Wildman–Crippen LogP) is 7.61. The third kappa shape index (κ3) is 4.41. The highest BCUT2D eigenvalue weighted by atomic mass is 35.5. The van der Waals surface area contributed by atoms with Gasteiger partial charge in [-0.15, -0.1) is 0 Å². The lowest BCUT2D eigenvalue weighted by Gasteiger charge is -2.46. The second kappa shape index (κ2) is 9.90. The number of carbonyl (C=O) groups is 2. The van der Waals surface area contributed by atoms with Crippen LogP contribution in [0.2, 0.25) is 10.0 Å². The number of benzene rings is 3. The largest absolute Gasteiger partial charge is 0.355 e. The summed E-state index contributed by atoms with van der Waals surface area (Å²) in [5, 5.41) is 7.75. The van der Waals surface area contributed by atoms with Crippen LogP contribution in [0.25, 0.3) is 0 Å². The van der Waals surface area contributed by atoms with Gasteiger partial charge >= 0.3 is 0 Å². The highest BCUT2D eigenvalue weighted by molar-refractivity contribution is 7.78. The maximum Gasteiger partial charge on any atom is 0.248 e. The van der Waals surface area contributed by atoms with Crippen molar-refractivity contribution >= 4 is 70.4 Å². The van der Waals surface area contributed by atoms with Crippen molar-refractivity contribution in [3.63, 3.8) is 0 Å². The van der Waals surface area contributed by atoms with Crippen molar-refractivity contribution in [2.24, 2.45) is 0 Å². The number of thiol groups is 1. The summed E-state index contributed by atoms with van der Waals surface area (Å²) in [7, 11) is 0. The van der Waals surface area contributed by atoms with E-state index >= 15 is 0 Å². The standard InChI is InChI=1S/C27H19Cl2FN2O2S2/c28-18-11-17(12-21(13-18)31-20-7-5-19(30)6-8-20)27(16-9-10-36-15-16)14-24(33)25(26(34)32(27)35)22-3-1-2-4-23(22)29/h1-13,15,25,31,35H,14H2. The molecule has 1 aliphatic rings. The summed E-state index contributed by atoms with van der Waals surface area (Å²) in [6.07, 6.45) is -0.0226. The molecule has 0 spiro atoms. The molecule has 0 bridgehead atoms. The molecule has 2 heterocycles. The first-order valence-corrected chi connectivity index (χ1v) is 13.1. The van der Waals surface area contributed by atoms with Crippen LogP contribution in [-0.2, 0) is 15.1 Å². The molecule has 1 amide bonds. The average Bonchev–Trinajstić information content (AvgIpc) is 3.39. The average molecular weight is 557 g/mol. The van der Waals surface area contributed by atoms with E-state index in [2.05, 4.69) is 18.1 Å². The molecule has 9 heteroatoms. The number of rotatable bonds is 5. The van der Waals surface area contributed by atoms with Crippen molar-refractivity contribution in [1.82, 2.24) is 4.31 Å². The van der Waals surface area contributed by atoms with E-state index in [9.17, 15) is 14.0 Å². The van der Waals surface area contributed by atoms with Crippen molar-refractivity contribution in [1.29, 1.82) is 0 Å². The molecular formula is C27H19Cl2FN2O2S2. The van der Waals surface area contributed by atoms with Gasteiger partial charge in [0.05, 0.1) is 0 Å². The lowest BCUT2D eigenvalue weighted by atomic mass is 9.73. The lowest BCUT2D eigenvalue weighted by Crippen LogP contribution is -2.54. The van der Waals surface area contributed by atoms with Crippen LogP contribution in [0.3, 0.4) is 0 Å². The second-order valence-corrected chi connectivity index (χ2v) is 10.5. The van der Waals surface area contributed by atoms with Gasteiger partial charge in [-0.25, -0.2) is 4.39 Å². The summed E-state index contributed by atoms with van der Waals surface area (Å²) in [5.74, 6) is -2.14. The maximum atomic E-state index is 13.8. The number of anilines is 2. The molecule has 1 aromatic heterocycles. The number of ketones is 1. The van der Waals surface area contributed by atoms with Gasteiger partial charge in [-0.1, -0.05) is 54.2 Å². The fourth-order valence-corrected chi connectivity index (χ4v) is 6.23. The van der Waals surface area contributed by atoms with Crippen LogP contribution in [0.4, 0.5) is 15.8 Å². The minimum Gasteiger partial charge on any atom is -0.355 e. The zero-order chi connectivity index (χ0) is 25.4. The Morgan fingerprint density at radius 1 is 0.972 bits per heavy atom. The topological polar surface area (TPSA) is 49.4 Å². The Bertz CT molecular complexity index is 1450. The van der Waals surface area contributed by atoms with Crippen LogP contribution >= 0.6 is 47.4 Å². The molecule has 4 nitrogen and oxygen atoms in total. The number of nitrogens with one attached hydrogen (secondary N) is 1. The number of thiophene rings is 1. The maximum absolute atomic E-state index is 13.8. The van der Waals surface area contributed by atoms with Crippen molar-refractivity contribution in [3.05, 3.63) is 116 Å². The van der Waals surface area contributed by atoms with E-state index in [-0.39, 0.29) is 18.0 Å². The van der Waals surface area contributed by atoms with Gasteiger partial charge in [-0.05, 0) is 82.0 Å². The summed E-state index contributed by atoms with van der Waals surface area (Å²) >= 11 is 19.0. The van der Waals surface area contributed by atoms with Crippen LogP contribution in [0, 0.1) is 5.82 Å². The lowest BCUT2D eigenvalue weighted by molar-refractivity contribution is -0.142. The third-order valence-electron chi connectivity index (χ3n) is 6.29. The summed E-state index contributed by atoms with van der Waals surface area (Å²) in [6, 6.07) is 19.9. The van der Waals surface area contributed by atoms with Crippen LogP contribution in [0.15, 0.2) is 83.6 Å². The van der Waals surface area contributed by atoms with Gasteiger partial charge in [0.15, 0.2) is 5.78 Å². The quantitative estimate of drug-likeness (QED) is 0.196. The molecule has 0 radical (unpaired) electrons. The molecule has 0 saturated carbocycles. The van der Waals surface area contributed by atoms with E-state index in [1.807, 2.05) is 22.9 Å². The fourth-order valence-electron chi connectivity index (χ4n) is 4.61. The second-order valence-electron chi connectivity index (χ2n) is 8.48. The number of carbonyl (C=O) groups excluding carboxylic acids is 2.